The first kappa shape index (κ1) is 24.0. The van der Waals surface area contributed by atoms with Gasteiger partial charge in [0.15, 0.2) is 17.3 Å². The number of carbonyl (C=O) groups is 1. The zero-order valence-corrected chi connectivity index (χ0v) is 20.3. The molecule has 0 radical (unpaired) electrons. The Kier molecular flexibility index (Phi) is 6.77. The van der Waals surface area contributed by atoms with Gasteiger partial charge in [0.05, 0.1) is 24.6 Å². The topological polar surface area (TPSA) is 106 Å². The number of aromatic nitrogens is 1. The van der Waals surface area contributed by atoms with Crippen LogP contribution < -0.4 is 15.0 Å². The summed E-state index contributed by atoms with van der Waals surface area (Å²) >= 11 is 0. The molecule has 8 nitrogen and oxygen atoms in total. The molecule has 180 valence electrons. The molecule has 0 atom stereocenters. The van der Waals surface area contributed by atoms with Crippen LogP contribution in [0, 0.1) is 0 Å². The third-order valence-electron chi connectivity index (χ3n) is 6.33. The molecule has 0 unspecified atom stereocenters. The summed E-state index contributed by atoms with van der Waals surface area (Å²) in [7, 11) is -0.905. The van der Waals surface area contributed by atoms with Gasteiger partial charge in [0.25, 0.3) is 5.56 Å². The molecule has 0 amide bonds. The van der Waals surface area contributed by atoms with Crippen LogP contribution in [0.15, 0.2) is 52.2 Å². The number of carbonyl (C=O) groups excluding carboxylic acids is 1. The molecule has 1 N–H and O–H groups in total. The lowest BCUT2D eigenvalue weighted by Gasteiger charge is -2.28. The number of aromatic amines is 1. The number of rotatable bonds is 8. The number of benzene rings is 2. The fraction of sp³-hybridized carbons (Fsp3) is 0.360. The standard InChI is InChI=1S/C25H28N2O6S/c1-16(28)17-7-6-10-21(12-17)34(30,31)27(20-8-4-5-9-20)15-19-11-18-13-23(32-2)24(33-3)14-22(18)26-25(19)29/h6-7,10-14,20H,4-5,8-9,15H2,1-3H3,(H,26,29). The summed E-state index contributed by atoms with van der Waals surface area (Å²) in [4.78, 5) is 27.7. The molecule has 0 aliphatic heterocycles. The van der Waals surface area contributed by atoms with Gasteiger partial charge in [-0.3, -0.25) is 9.59 Å². The van der Waals surface area contributed by atoms with Crippen LogP contribution >= 0.6 is 0 Å². The summed E-state index contributed by atoms with van der Waals surface area (Å²) in [5, 5.41) is 0.703. The fourth-order valence-electron chi connectivity index (χ4n) is 4.48. The van der Waals surface area contributed by atoms with Crippen molar-refractivity contribution >= 4 is 26.7 Å². The first-order valence-electron chi connectivity index (χ1n) is 11.2. The summed E-state index contributed by atoms with van der Waals surface area (Å²) < 4.78 is 39.5. The Morgan fingerprint density at radius 1 is 1.06 bits per heavy atom. The summed E-state index contributed by atoms with van der Waals surface area (Å²) in [5.41, 5.74) is 0.862. The highest BCUT2D eigenvalue weighted by Crippen LogP contribution is 2.33. The van der Waals surface area contributed by atoms with E-state index in [0.29, 0.717) is 33.5 Å². The quantitative estimate of drug-likeness (QED) is 0.487. The molecule has 1 aromatic heterocycles. The predicted molar refractivity (Wildman–Crippen MR) is 129 cm³/mol. The number of hydrogen-bond acceptors (Lipinski definition) is 6. The minimum absolute atomic E-state index is 0.0516. The van der Waals surface area contributed by atoms with Gasteiger partial charge >= 0.3 is 0 Å². The minimum atomic E-state index is -3.95. The van der Waals surface area contributed by atoms with Crippen LogP contribution in [0.3, 0.4) is 0 Å². The smallest absolute Gasteiger partial charge is 0.252 e. The number of fused-ring (bicyclic) bond motifs is 1. The SMILES string of the molecule is COc1cc2cc(CN(C3CCCC3)S(=O)(=O)c3cccc(C(C)=O)c3)c(=O)[nH]c2cc1OC. The average Bonchev–Trinajstić information content (AvgIpc) is 3.36. The molecule has 4 rings (SSSR count). The van der Waals surface area contributed by atoms with E-state index in [2.05, 4.69) is 4.98 Å². The van der Waals surface area contributed by atoms with E-state index in [1.807, 2.05) is 0 Å². The first-order chi connectivity index (χ1) is 16.2. The van der Waals surface area contributed by atoms with Crippen molar-refractivity contribution in [2.45, 2.75) is 50.1 Å². The lowest BCUT2D eigenvalue weighted by atomic mass is 10.1. The highest BCUT2D eigenvalue weighted by atomic mass is 32.2. The Morgan fingerprint density at radius 3 is 2.38 bits per heavy atom. The lowest BCUT2D eigenvalue weighted by Crippen LogP contribution is -2.39. The molecule has 1 heterocycles. The molecule has 0 spiro atoms. The van der Waals surface area contributed by atoms with Gasteiger partial charge in [-0.05, 0) is 44.0 Å². The molecule has 3 aromatic rings. The Hall–Kier alpha value is -3.17. The van der Waals surface area contributed by atoms with Crippen molar-refractivity contribution in [1.29, 1.82) is 0 Å². The number of ether oxygens (including phenoxy) is 2. The maximum atomic E-state index is 13.7. The van der Waals surface area contributed by atoms with E-state index in [4.69, 9.17) is 9.47 Å². The van der Waals surface area contributed by atoms with E-state index in [0.717, 1.165) is 25.7 Å². The number of methoxy groups -OCH3 is 2. The van der Waals surface area contributed by atoms with E-state index < -0.39 is 10.0 Å². The molecule has 1 aliphatic carbocycles. The largest absolute Gasteiger partial charge is 0.493 e. The number of nitrogens with one attached hydrogen (secondary N) is 1. The Labute approximate surface area is 198 Å². The molecule has 0 bridgehead atoms. The van der Waals surface area contributed by atoms with E-state index in [1.165, 1.54) is 37.6 Å². The number of nitrogens with zero attached hydrogens (tertiary/aromatic N) is 1. The van der Waals surface area contributed by atoms with E-state index in [9.17, 15) is 18.0 Å². The van der Waals surface area contributed by atoms with Gasteiger partial charge in [-0.1, -0.05) is 25.0 Å². The van der Waals surface area contributed by atoms with Gasteiger partial charge in [0.2, 0.25) is 10.0 Å². The maximum Gasteiger partial charge on any atom is 0.252 e. The Morgan fingerprint density at radius 2 is 1.74 bits per heavy atom. The second-order valence-corrected chi connectivity index (χ2v) is 10.4. The van der Waals surface area contributed by atoms with Crippen LogP contribution in [-0.2, 0) is 16.6 Å². The van der Waals surface area contributed by atoms with Crippen LogP contribution in [0.5, 0.6) is 11.5 Å². The number of sulfonamides is 1. The zero-order chi connectivity index (χ0) is 24.5. The molecule has 0 saturated heterocycles. The molecule has 1 saturated carbocycles. The normalized spacial score (nSPS) is 14.6. The molecule has 34 heavy (non-hydrogen) atoms. The van der Waals surface area contributed by atoms with Crippen LogP contribution in [0.4, 0.5) is 0 Å². The second kappa shape index (κ2) is 9.60. The lowest BCUT2D eigenvalue weighted by molar-refractivity contribution is 0.101. The molecular formula is C25H28N2O6S. The van der Waals surface area contributed by atoms with Crippen LogP contribution in [0.1, 0.15) is 48.5 Å². The molecule has 1 fully saturated rings. The van der Waals surface area contributed by atoms with Gasteiger partial charge in [0, 0.05) is 35.2 Å². The molecule has 2 aromatic carbocycles. The zero-order valence-electron chi connectivity index (χ0n) is 19.5. The number of Topliss-reactive ketones (excluding diaryl/α,β-unsaturated/α-hetero) is 1. The van der Waals surface area contributed by atoms with Crippen molar-refractivity contribution in [1.82, 2.24) is 9.29 Å². The highest BCUT2D eigenvalue weighted by molar-refractivity contribution is 7.89. The van der Waals surface area contributed by atoms with Crippen LogP contribution in [-0.4, -0.2) is 43.8 Å². The fourth-order valence-corrected chi connectivity index (χ4v) is 6.19. The first-order valence-corrected chi connectivity index (χ1v) is 12.6. The van der Waals surface area contributed by atoms with Crippen molar-refractivity contribution in [2.24, 2.45) is 0 Å². The third-order valence-corrected chi connectivity index (χ3v) is 8.22. The summed E-state index contributed by atoms with van der Waals surface area (Å²) in [6.45, 7) is 1.33. The summed E-state index contributed by atoms with van der Waals surface area (Å²) in [6, 6.07) is 11.0. The second-order valence-electron chi connectivity index (χ2n) is 8.49. The minimum Gasteiger partial charge on any atom is -0.493 e. The van der Waals surface area contributed by atoms with E-state index in [-0.39, 0.29) is 28.8 Å². The highest BCUT2D eigenvalue weighted by Gasteiger charge is 2.34. The van der Waals surface area contributed by atoms with Gasteiger partial charge in [0.1, 0.15) is 0 Å². The third kappa shape index (κ3) is 4.58. The van der Waals surface area contributed by atoms with Crippen molar-refractivity contribution < 1.29 is 22.7 Å². The van der Waals surface area contributed by atoms with Gasteiger partial charge in [-0.15, -0.1) is 0 Å². The van der Waals surface area contributed by atoms with E-state index >= 15 is 0 Å². The van der Waals surface area contributed by atoms with E-state index in [1.54, 1.807) is 30.3 Å². The Balaban J connectivity index is 1.78. The van der Waals surface area contributed by atoms with Gasteiger partial charge < -0.3 is 14.5 Å². The summed E-state index contributed by atoms with van der Waals surface area (Å²) in [5.74, 6) is 0.785. The summed E-state index contributed by atoms with van der Waals surface area (Å²) in [6.07, 6.45) is 3.30. The van der Waals surface area contributed by atoms with Crippen molar-refractivity contribution in [3.63, 3.8) is 0 Å². The number of ketones is 1. The van der Waals surface area contributed by atoms with Crippen LogP contribution in [0.25, 0.3) is 10.9 Å². The van der Waals surface area contributed by atoms with Crippen molar-refractivity contribution in [3.05, 3.63) is 63.9 Å². The van der Waals surface area contributed by atoms with Crippen molar-refractivity contribution in [3.8, 4) is 11.5 Å². The number of hydrogen-bond donors (Lipinski definition) is 1. The molecular weight excluding hydrogens is 456 g/mol. The Bertz CT molecular complexity index is 1390. The van der Waals surface area contributed by atoms with Gasteiger partial charge in [-0.2, -0.15) is 4.31 Å². The van der Waals surface area contributed by atoms with Crippen LogP contribution in [0.2, 0.25) is 0 Å². The number of H-pyrrole nitrogens is 1. The molecule has 9 heteroatoms. The van der Waals surface area contributed by atoms with Gasteiger partial charge in [-0.25, -0.2) is 8.42 Å². The molecule has 1 aliphatic rings. The maximum absolute atomic E-state index is 13.7. The monoisotopic (exact) mass is 484 g/mol. The number of pyridine rings is 1. The average molecular weight is 485 g/mol. The predicted octanol–water partition coefficient (Wildman–Crippen LogP) is 3.88. The van der Waals surface area contributed by atoms with Crippen molar-refractivity contribution in [2.75, 3.05) is 14.2 Å².